The number of carbonyl (C=O) groups is 3. The number of hydrazine groups is 1. The van der Waals surface area contributed by atoms with Gasteiger partial charge in [-0.3, -0.25) is 25.2 Å². The van der Waals surface area contributed by atoms with Crippen molar-refractivity contribution in [2.45, 2.75) is 6.92 Å². The third-order valence-corrected chi connectivity index (χ3v) is 5.10. The Hall–Kier alpha value is -4.79. The molecule has 0 unspecified atom stereocenters. The molecule has 1 heterocycles. The van der Waals surface area contributed by atoms with Gasteiger partial charge in [0, 0.05) is 16.5 Å². The summed E-state index contributed by atoms with van der Waals surface area (Å²) in [5.41, 5.74) is 4.89. The maximum atomic E-state index is 13.1. The van der Waals surface area contributed by atoms with E-state index in [0.29, 0.717) is 33.4 Å². The monoisotopic (exact) mass is 474 g/mol. The molecule has 0 aliphatic heterocycles. The lowest BCUT2D eigenvalue weighted by Gasteiger charge is -2.11. The van der Waals surface area contributed by atoms with E-state index in [-0.39, 0.29) is 11.3 Å². The van der Waals surface area contributed by atoms with Crippen LogP contribution in [-0.4, -0.2) is 24.2 Å². The molecule has 8 nitrogen and oxygen atoms in total. The molecule has 0 atom stereocenters. The van der Waals surface area contributed by atoms with Gasteiger partial charge in [-0.05, 0) is 67.1 Å². The van der Waals surface area contributed by atoms with Crippen molar-refractivity contribution >= 4 is 28.6 Å². The lowest BCUT2D eigenvalue weighted by Crippen LogP contribution is -2.45. The normalized spacial score (nSPS) is 10.6. The summed E-state index contributed by atoms with van der Waals surface area (Å²) in [6.07, 6.45) is 0. The Morgan fingerprint density at radius 2 is 1.63 bits per heavy atom. The highest BCUT2D eigenvalue weighted by Crippen LogP contribution is 2.21. The van der Waals surface area contributed by atoms with E-state index in [2.05, 4.69) is 10.9 Å². The average molecular weight is 474 g/mol. The molecule has 0 saturated carbocycles. The number of ketones is 1. The summed E-state index contributed by atoms with van der Waals surface area (Å²) in [6, 6.07) is 18.0. The van der Waals surface area contributed by atoms with Crippen LogP contribution in [0.2, 0.25) is 0 Å². The van der Waals surface area contributed by atoms with E-state index in [0.717, 1.165) is 0 Å². The molecule has 176 valence electrons. The van der Waals surface area contributed by atoms with E-state index < -0.39 is 29.9 Å². The Labute approximate surface area is 198 Å². The quantitative estimate of drug-likeness (QED) is 0.252. The van der Waals surface area contributed by atoms with Crippen LogP contribution >= 0.6 is 0 Å². The zero-order valence-corrected chi connectivity index (χ0v) is 18.5. The van der Waals surface area contributed by atoms with Gasteiger partial charge >= 0.3 is 5.63 Å². The summed E-state index contributed by atoms with van der Waals surface area (Å²) < 4.78 is 23.7. The first-order chi connectivity index (χ1) is 16.8. The number of hydrogen-bond acceptors (Lipinski definition) is 6. The zero-order chi connectivity index (χ0) is 24.9. The van der Waals surface area contributed by atoms with Gasteiger partial charge < -0.3 is 9.15 Å². The fourth-order valence-corrected chi connectivity index (χ4v) is 3.31. The number of halogens is 1. The van der Waals surface area contributed by atoms with Gasteiger partial charge in [-0.25, -0.2) is 9.18 Å². The van der Waals surface area contributed by atoms with Crippen LogP contribution in [0.5, 0.6) is 5.75 Å². The van der Waals surface area contributed by atoms with Crippen molar-refractivity contribution in [1.29, 1.82) is 0 Å². The molecule has 35 heavy (non-hydrogen) atoms. The third-order valence-electron chi connectivity index (χ3n) is 5.10. The Kier molecular flexibility index (Phi) is 6.68. The van der Waals surface area contributed by atoms with E-state index >= 15 is 0 Å². The van der Waals surface area contributed by atoms with Crippen LogP contribution in [0.3, 0.4) is 0 Å². The molecule has 1 aromatic heterocycles. The van der Waals surface area contributed by atoms with E-state index in [1.165, 1.54) is 42.5 Å². The number of benzene rings is 3. The molecule has 0 fully saturated rings. The number of para-hydroxylation sites is 1. The van der Waals surface area contributed by atoms with Crippen molar-refractivity contribution in [3.63, 3.8) is 0 Å². The summed E-state index contributed by atoms with van der Waals surface area (Å²) >= 11 is 0. The van der Waals surface area contributed by atoms with Gasteiger partial charge in [0.05, 0.1) is 0 Å². The molecule has 0 spiro atoms. The highest BCUT2D eigenvalue weighted by atomic mass is 19.1. The van der Waals surface area contributed by atoms with E-state index in [4.69, 9.17) is 9.15 Å². The molecule has 9 heteroatoms. The zero-order valence-electron chi connectivity index (χ0n) is 18.5. The molecule has 0 radical (unpaired) electrons. The second kappa shape index (κ2) is 10.0. The fourth-order valence-electron chi connectivity index (χ4n) is 3.31. The van der Waals surface area contributed by atoms with Gasteiger partial charge in [0.25, 0.3) is 11.8 Å². The van der Waals surface area contributed by atoms with Crippen LogP contribution in [0.25, 0.3) is 11.0 Å². The minimum atomic E-state index is -0.836. The molecular weight excluding hydrogens is 455 g/mol. The summed E-state index contributed by atoms with van der Waals surface area (Å²) in [7, 11) is 0. The molecule has 3 aromatic carbocycles. The standard InChI is InChI=1S/C26H19FN2O6/c1-15-12-18(24(31)16-6-9-19(27)10-7-16)8-11-21(15)34-14-23(30)28-29-25(32)20-13-17-4-2-3-5-22(17)35-26(20)33/h2-13H,14H2,1H3,(H,28,30)(H,29,32). The number of amides is 2. The smallest absolute Gasteiger partial charge is 0.349 e. The topological polar surface area (TPSA) is 115 Å². The Morgan fingerprint density at radius 3 is 2.37 bits per heavy atom. The largest absolute Gasteiger partial charge is 0.483 e. The van der Waals surface area contributed by atoms with Crippen molar-refractivity contribution in [1.82, 2.24) is 10.9 Å². The predicted molar refractivity (Wildman–Crippen MR) is 125 cm³/mol. The Bertz CT molecular complexity index is 1490. The SMILES string of the molecule is Cc1cc(C(=O)c2ccc(F)cc2)ccc1OCC(=O)NNC(=O)c1cc2ccccc2oc1=O. The number of rotatable bonds is 6. The molecule has 4 aromatic rings. The molecular formula is C26H19FN2O6. The second-order valence-electron chi connectivity index (χ2n) is 7.59. The predicted octanol–water partition coefficient (Wildman–Crippen LogP) is 3.31. The molecule has 2 N–H and O–H groups in total. The van der Waals surface area contributed by atoms with E-state index in [1.54, 1.807) is 37.3 Å². The highest BCUT2D eigenvalue weighted by molar-refractivity contribution is 6.09. The Balaban J connectivity index is 1.33. The van der Waals surface area contributed by atoms with Gasteiger partial charge in [-0.15, -0.1) is 0 Å². The Morgan fingerprint density at radius 1 is 0.914 bits per heavy atom. The highest BCUT2D eigenvalue weighted by Gasteiger charge is 2.15. The molecule has 0 bridgehead atoms. The first kappa shape index (κ1) is 23.4. The first-order valence-electron chi connectivity index (χ1n) is 10.5. The average Bonchev–Trinajstić information content (AvgIpc) is 2.86. The summed E-state index contributed by atoms with van der Waals surface area (Å²) in [4.78, 5) is 49.0. The van der Waals surface area contributed by atoms with Crippen LogP contribution in [0.4, 0.5) is 4.39 Å². The number of ether oxygens (including phenoxy) is 1. The molecule has 0 aliphatic carbocycles. The van der Waals surface area contributed by atoms with Crippen molar-refractivity contribution in [2.24, 2.45) is 0 Å². The maximum Gasteiger partial charge on any atom is 0.349 e. The van der Waals surface area contributed by atoms with Crippen molar-refractivity contribution in [3.05, 3.63) is 111 Å². The minimum absolute atomic E-state index is 0.262. The summed E-state index contributed by atoms with van der Waals surface area (Å²) in [5.74, 6) is -1.86. The van der Waals surface area contributed by atoms with Crippen LogP contribution in [0.1, 0.15) is 31.8 Å². The number of carbonyl (C=O) groups excluding carboxylic acids is 3. The van der Waals surface area contributed by atoms with Gasteiger partial charge in [-0.2, -0.15) is 0 Å². The molecule has 0 saturated heterocycles. The van der Waals surface area contributed by atoms with Crippen LogP contribution in [0.15, 0.2) is 82.0 Å². The second-order valence-corrected chi connectivity index (χ2v) is 7.59. The lowest BCUT2D eigenvalue weighted by molar-refractivity contribution is -0.123. The summed E-state index contributed by atoms with van der Waals surface area (Å²) in [5, 5.41) is 0.559. The van der Waals surface area contributed by atoms with Gasteiger partial charge in [0.2, 0.25) is 0 Å². The summed E-state index contributed by atoms with van der Waals surface area (Å²) in [6.45, 7) is 1.27. The number of fused-ring (bicyclic) bond motifs is 1. The van der Waals surface area contributed by atoms with Crippen molar-refractivity contribution < 1.29 is 27.9 Å². The molecule has 4 rings (SSSR count). The number of nitrogens with one attached hydrogen (secondary N) is 2. The van der Waals surface area contributed by atoms with Crippen molar-refractivity contribution in [2.75, 3.05) is 6.61 Å². The van der Waals surface area contributed by atoms with E-state index in [1.807, 2.05) is 0 Å². The van der Waals surface area contributed by atoms with Gasteiger partial charge in [0.15, 0.2) is 12.4 Å². The maximum absolute atomic E-state index is 13.1. The lowest BCUT2D eigenvalue weighted by atomic mass is 10.0. The van der Waals surface area contributed by atoms with Gasteiger partial charge in [0.1, 0.15) is 22.7 Å². The van der Waals surface area contributed by atoms with Crippen LogP contribution in [0, 0.1) is 12.7 Å². The van der Waals surface area contributed by atoms with Crippen molar-refractivity contribution in [3.8, 4) is 5.75 Å². The number of aryl methyl sites for hydroxylation is 1. The van der Waals surface area contributed by atoms with E-state index in [9.17, 15) is 23.6 Å². The third kappa shape index (κ3) is 5.41. The minimum Gasteiger partial charge on any atom is -0.483 e. The van der Waals surface area contributed by atoms with Gasteiger partial charge in [-0.1, -0.05) is 18.2 Å². The van der Waals surface area contributed by atoms with Crippen LogP contribution in [-0.2, 0) is 4.79 Å². The fraction of sp³-hybridized carbons (Fsp3) is 0.0769. The molecule has 0 aliphatic rings. The van der Waals surface area contributed by atoms with Crippen LogP contribution < -0.4 is 21.2 Å². The first-order valence-corrected chi connectivity index (χ1v) is 10.5. The number of hydrogen-bond donors (Lipinski definition) is 2. The molecule has 2 amide bonds.